The van der Waals surface area contributed by atoms with Gasteiger partial charge in [0.2, 0.25) is 0 Å². The number of esters is 3. The zero-order valence-electron chi connectivity index (χ0n) is 20.1. The molecule has 3 aromatic rings. The van der Waals surface area contributed by atoms with Gasteiger partial charge in [0, 0.05) is 20.8 Å². The second-order valence-corrected chi connectivity index (χ2v) is 7.56. The first-order valence-electron chi connectivity index (χ1n) is 11.0. The van der Waals surface area contributed by atoms with Crippen molar-refractivity contribution in [3.05, 3.63) is 72.8 Å². The summed E-state index contributed by atoms with van der Waals surface area (Å²) in [6.07, 6.45) is -0.522. The largest absolute Gasteiger partial charge is 0.490 e. The van der Waals surface area contributed by atoms with Crippen molar-refractivity contribution >= 4 is 17.9 Å². The number of benzene rings is 3. The second-order valence-electron chi connectivity index (χ2n) is 7.56. The van der Waals surface area contributed by atoms with E-state index < -0.39 is 24.0 Å². The van der Waals surface area contributed by atoms with Crippen molar-refractivity contribution < 1.29 is 42.8 Å². The molecule has 188 valence electrons. The lowest BCUT2D eigenvalue weighted by Crippen LogP contribution is -2.31. The van der Waals surface area contributed by atoms with E-state index in [9.17, 15) is 14.4 Å². The molecule has 0 fully saturated rings. The zero-order valence-corrected chi connectivity index (χ0v) is 20.1. The fourth-order valence-corrected chi connectivity index (χ4v) is 2.98. The van der Waals surface area contributed by atoms with Gasteiger partial charge in [-0.15, -0.1) is 0 Å². The highest BCUT2D eigenvalue weighted by atomic mass is 16.6. The second kappa shape index (κ2) is 12.8. The molecule has 9 nitrogen and oxygen atoms in total. The normalized spacial score (nSPS) is 10.3. The minimum absolute atomic E-state index is 0.143. The fraction of sp³-hybridized carbons (Fsp3) is 0.222. The Morgan fingerprint density at radius 1 is 0.500 bits per heavy atom. The van der Waals surface area contributed by atoms with Gasteiger partial charge in [-0.2, -0.15) is 0 Å². The van der Waals surface area contributed by atoms with E-state index in [1.54, 1.807) is 72.8 Å². The maximum atomic E-state index is 11.1. The molecule has 0 bridgehead atoms. The van der Waals surface area contributed by atoms with Crippen molar-refractivity contribution in [2.75, 3.05) is 13.2 Å². The molecule has 0 saturated carbocycles. The number of carbonyl (C=O) groups is 3. The predicted octanol–water partition coefficient (Wildman–Crippen LogP) is 4.37. The Morgan fingerprint density at radius 2 is 0.778 bits per heavy atom. The molecule has 0 atom stereocenters. The number of hydrogen-bond acceptors (Lipinski definition) is 9. The van der Waals surface area contributed by atoms with Gasteiger partial charge in [-0.3, -0.25) is 14.4 Å². The Bertz CT molecular complexity index is 1090. The fourth-order valence-electron chi connectivity index (χ4n) is 2.98. The third-order valence-electron chi connectivity index (χ3n) is 4.43. The highest BCUT2D eigenvalue weighted by Gasteiger charge is 2.15. The summed E-state index contributed by atoms with van der Waals surface area (Å²) >= 11 is 0. The van der Waals surface area contributed by atoms with Crippen LogP contribution in [0.2, 0.25) is 0 Å². The molecule has 0 spiro atoms. The van der Waals surface area contributed by atoms with Gasteiger partial charge >= 0.3 is 17.9 Å². The van der Waals surface area contributed by atoms with E-state index in [1.807, 2.05) is 0 Å². The molecular weight excluding hydrogens is 468 g/mol. The Hall–Kier alpha value is -4.53. The van der Waals surface area contributed by atoms with Crippen molar-refractivity contribution in [3.63, 3.8) is 0 Å². The highest BCUT2D eigenvalue weighted by molar-refractivity contribution is 5.70. The molecule has 0 aliphatic carbocycles. The molecule has 0 radical (unpaired) electrons. The van der Waals surface area contributed by atoms with Crippen LogP contribution < -0.4 is 28.4 Å². The molecule has 0 amide bonds. The third kappa shape index (κ3) is 9.02. The van der Waals surface area contributed by atoms with Crippen LogP contribution in [-0.2, 0) is 14.4 Å². The predicted molar refractivity (Wildman–Crippen MR) is 129 cm³/mol. The molecule has 9 heteroatoms. The quantitative estimate of drug-likeness (QED) is 0.284. The average Bonchev–Trinajstić information content (AvgIpc) is 2.83. The van der Waals surface area contributed by atoms with Crippen molar-refractivity contribution in [3.8, 4) is 34.5 Å². The van der Waals surface area contributed by atoms with E-state index in [-0.39, 0.29) is 13.2 Å². The lowest BCUT2D eigenvalue weighted by Gasteiger charge is -2.20. The zero-order chi connectivity index (χ0) is 25.9. The number of hydrogen-bond donors (Lipinski definition) is 0. The molecule has 0 heterocycles. The summed E-state index contributed by atoms with van der Waals surface area (Å²) in [7, 11) is 0. The Kier molecular flexibility index (Phi) is 9.27. The maximum absolute atomic E-state index is 11.1. The summed E-state index contributed by atoms with van der Waals surface area (Å²) in [6.45, 7) is 4.27. The van der Waals surface area contributed by atoms with Gasteiger partial charge in [0.05, 0.1) is 0 Å². The van der Waals surface area contributed by atoms with Gasteiger partial charge in [-0.1, -0.05) is 0 Å². The van der Waals surface area contributed by atoms with Crippen LogP contribution in [0.25, 0.3) is 0 Å². The van der Waals surface area contributed by atoms with Crippen molar-refractivity contribution in [1.29, 1.82) is 0 Å². The Morgan fingerprint density at radius 3 is 1.08 bits per heavy atom. The molecule has 0 aliphatic rings. The van der Waals surface area contributed by atoms with Crippen LogP contribution in [0.15, 0.2) is 72.8 Å². The molecular formula is C27H26O9. The molecule has 0 aromatic heterocycles. The van der Waals surface area contributed by atoms with Crippen LogP contribution in [0.4, 0.5) is 0 Å². The first kappa shape index (κ1) is 26.1. The van der Waals surface area contributed by atoms with Crippen LogP contribution in [0.1, 0.15) is 20.8 Å². The first-order valence-corrected chi connectivity index (χ1v) is 11.0. The number of ether oxygens (including phenoxy) is 6. The Balaban J connectivity index is 1.64. The minimum Gasteiger partial charge on any atom is -0.490 e. The maximum Gasteiger partial charge on any atom is 0.308 e. The summed E-state index contributed by atoms with van der Waals surface area (Å²) in [5, 5.41) is 0. The van der Waals surface area contributed by atoms with E-state index in [2.05, 4.69) is 0 Å². The van der Waals surface area contributed by atoms with Crippen LogP contribution in [-0.4, -0.2) is 37.2 Å². The van der Waals surface area contributed by atoms with Crippen molar-refractivity contribution in [2.24, 2.45) is 0 Å². The van der Waals surface area contributed by atoms with E-state index in [0.717, 1.165) is 0 Å². The molecule has 0 saturated heterocycles. The molecule has 36 heavy (non-hydrogen) atoms. The van der Waals surface area contributed by atoms with Gasteiger partial charge in [-0.05, 0) is 72.8 Å². The smallest absolute Gasteiger partial charge is 0.308 e. The van der Waals surface area contributed by atoms with Gasteiger partial charge in [0.15, 0.2) is 6.10 Å². The molecule has 0 N–H and O–H groups in total. The molecule has 3 rings (SSSR count). The summed E-state index contributed by atoms with van der Waals surface area (Å²) in [5.41, 5.74) is 0. The third-order valence-corrected chi connectivity index (χ3v) is 4.43. The van der Waals surface area contributed by atoms with E-state index in [1.165, 1.54) is 20.8 Å². The lowest BCUT2D eigenvalue weighted by molar-refractivity contribution is -0.132. The topological polar surface area (TPSA) is 107 Å². The molecule has 0 unspecified atom stereocenters. The average molecular weight is 494 g/mol. The Labute approximate surface area is 208 Å². The summed E-state index contributed by atoms with van der Waals surface area (Å²) in [5.74, 6) is 1.63. The van der Waals surface area contributed by atoms with E-state index >= 15 is 0 Å². The SMILES string of the molecule is CC(=O)Oc1ccc(OCC(COc2ccc(OC(C)=O)cc2)Oc2ccc(OC(C)=O)cc2)cc1. The van der Waals surface area contributed by atoms with E-state index in [0.29, 0.717) is 34.5 Å². The summed E-state index contributed by atoms with van der Waals surface area (Å²) in [6, 6.07) is 19.8. The van der Waals surface area contributed by atoms with Gasteiger partial charge < -0.3 is 28.4 Å². The standard InChI is InChI=1S/C27H26O9/c1-18(28)33-23-8-4-21(5-9-23)31-16-27(36-26-14-12-25(13-15-26)35-20(3)30)17-32-22-6-10-24(11-7-22)34-19(2)29/h4-15,27H,16-17H2,1-3H3. The lowest BCUT2D eigenvalue weighted by atomic mass is 10.3. The van der Waals surface area contributed by atoms with Crippen LogP contribution in [0, 0.1) is 0 Å². The van der Waals surface area contributed by atoms with Crippen LogP contribution in [0.5, 0.6) is 34.5 Å². The first-order chi connectivity index (χ1) is 17.3. The van der Waals surface area contributed by atoms with Gasteiger partial charge in [0.1, 0.15) is 47.7 Å². The van der Waals surface area contributed by atoms with E-state index in [4.69, 9.17) is 28.4 Å². The molecule has 3 aromatic carbocycles. The van der Waals surface area contributed by atoms with Crippen LogP contribution >= 0.6 is 0 Å². The van der Waals surface area contributed by atoms with Crippen molar-refractivity contribution in [1.82, 2.24) is 0 Å². The van der Waals surface area contributed by atoms with Crippen LogP contribution in [0.3, 0.4) is 0 Å². The monoisotopic (exact) mass is 494 g/mol. The van der Waals surface area contributed by atoms with Crippen molar-refractivity contribution in [2.45, 2.75) is 26.9 Å². The summed E-state index contributed by atoms with van der Waals surface area (Å²) < 4.78 is 32.9. The van der Waals surface area contributed by atoms with Gasteiger partial charge in [-0.25, -0.2) is 0 Å². The highest BCUT2D eigenvalue weighted by Crippen LogP contribution is 2.22. The molecule has 0 aliphatic heterocycles. The summed E-state index contributed by atoms with van der Waals surface area (Å²) in [4.78, 5) is 33.3. The number of rotatable bonds is 11. The number of carbonyl (C=O) groups excluding carboxylic acids is 3. The van der Waals surface area contributed by atoms with Gasteiger partial charge in [0.25, 0.3) is 0 Å². The minimum atomic E-state index is -0.522.